The van der Waals surface area contributed by atoms with Gasteiger partial charge in [0.1, 0.15) is 20.2 Å². The zero-order valence-electron chi connectivity index (χ0n) is 69.6. The molecule has 17 heteroatoms. The molecule has 0 saturated heterocycles. The predicted molar refractivity (Wildman–Crippen MR) is 452 cm³/mol. The van der Waals surface area contributed by atoms with Gasteiger partial charge in [0.2, 0.25) is 0 Å². The van der Waals surface area contributed by atoms with Gasteiger partial charge in [-0.1, -0.05) is 371 Å². The van der Waals surface area contributed by atoms with E-state index < -0.39 is 65.0 Å². The van der Waals surface area contributed by atoms with E-state index in [1.807, 2.05) is 0 Å². The molecule has 0 atom stereocenters. The molecule has 0 N–H and O–H groups in total. The van der Waals surface area contributed by atoms with Crippen molar-refractivity contribution in [2.24, 2.45) is 0 Å². The molecule has 620 valence electrons. The third-order valence-corrected chi connectivity index (χ3v) is 21.8. The monoisotopic (exact) mass is 1590 g/mol. The minimum atomic E-state index is -5.01. The fraction of sp³-hybridized carbons (Fsp3) is 0.739. The van der Waals surface area contributed by atoms with Crippen molar-refractivity contribution in [3.8, 4) is 0 Å². The van der Waals surface area contributed by atoms with Gasteiger partial charge >= 0.3 is 61.6 Å². The minimum absolute atomic E-state index is 0. The summed E-state index contributed by atoms with van der Waals surface area (Å²) < 4.78 is 93.5. The Morgan fingerprint density at radius 3 is 0.606 bits per heavy atom. The van der Waals surface area contributed by atoms with Gasteiger partial charge in [0.05, 0.1) is 58.5 Å². The Hall–Kier alpha value is -3.64. The first-order chi connectivity index (χ1) is 52.6. The Labute approximate surface area is 696 Å². The van der Waals surface area contributed by atoms with Gasteiger partial charge in [0, 0.05) is 0 Å². The zero-order valence-corrected chi connectivity index (χ0v) is 73.4. The summed E-state index contributed by atoms with van der Waals surface area (Å²) in [4.78, 5) is 50.4. The summed E-state index contributed by atoms with van der Waals surface area (Å²) in [5.41, 5.74) is -1.56. The van der Waals surface area contributed by atoms with Crippen molar-refractivity contribution in [3.63, 3.8) is 0 Å². The normalized spacial score (nSPS) is 11.8. The van der Waals surface area contributed by atoms with Gasteiger partial charge in [-0.15, -0.1) is 0 Å². The van der Waals surface area contributed by atoms with Crippen LogP contribution in [0.4, 0.5) is 0 Å². The summed E-state index contributed by atoms with van der Waals surface area (Å²) in [7, 11) is -10.0. The first kappa shape index (κ1) is 105. The molecule has 0 aliphatic heterocycles. The molecular formula is C92H154CaO14S2. The van der Waals surface area contributed by atoms with Gasteiger partial charge in [-0.3, -0.25) is 0 Å². The van der Waals surface area contributed by atoms with Crippen LogP contribution in [0.15, 0.2) is 94.8 Å². The summed E-state index contributed by atoms with van der Waals surface area (Å²) in [6, 6.07) is 7.25. The third-order valence-electron chi connectivity index (χ3n) is 20.0. The largest absolute Gasteiger partial charge is 2.00 e. The van der Waals surface area contributed by atoms with Crippen LogP contribution >= 0.6 is 0 Å². The Bertz CT molecular complexity index is 2670. The Morgan fingerprint density at radius 2 is 0.422 bits per heavy atom. The fourth-order valence-corrected chi connectivity index (χ4v) is 14.6. The van der Waals surface area contributed by atoms with Gasteiger partial charge in [0.15, 0.2) is 0 Å². The molecule has 0 fully saturated rings. The standard InChI is InChI=1S/2C46H78O7S.Ca/c2*1-3-5-7-9-11-13-15-17-19-21-23-25-27-29-31-33-35-40-52-45(47)42-38-37-39-43(54(49,50)51)44(42)46(48)53-41-36-34-32-30-28-26-24-22-20-18-16-14-12-10-8-6-4-2;/h2*9-12,37-39H,3-8,13-36,40-41H2,1-2H3,(H,49,50,51);/q;;+2/p-2/b2*11-9+,12-10+;. The molecule has 0 amide bonds. The number of hydrogen-bond acceptors (Lipinski definition) is 14. The zero-order chi connectivity index (χ0) is 78.8. The molecule has 0 aliphatic rings. The minimum Gasteiger partial charge on any atom is -0.744 e. The molecule has 0 heterocycles. The number of ether oxygens (including phenoxy) is 4. The molecule has 0 aliphatic carbocycles. The van der Waals surface area contributed by atoms with E-state index in [1.54, 1.807) is 0 Å². The molecule has 0 radical (unpaired) electrons. The fourth-order valence-electron chi connectivity index (χ4n) is 13.3. The number of esters is 4. The number of carbonyl (C=O) groups is 4. The molecule has 109 heavy (non-hydrogen) atoms. The second kappa shape index (κ2) is 77.0. The number of unbranched alkanes of at least 4 members (excludes halogenated alkanes) is 52. The maximum Gasteiger partial charge on any atom is 2.00 e. The average molecular weight is 1590 g/mol. The van der Waals surface area contributed by atoms with Crippen molar-refractivity contribution in [2.45, 2.75) is 423 Å². The molecule has 2 aromatic carbocycles. The van der Waals surface area contributed by atoms with E-state index in [0.29, 0.717) is 25.7 Å². The van der Waals surface area contributed by atoms with Crippen LogP contribution in [0.5, 0.6) is 0 Å². The average Bonchev–Trinajstić information content (AvgIpc) is 0.798. The van der Waals surface area contributed by atoms with E-state index in [-0.39, 0.29) is 75.3 Å². The first-order valence-electron chi connectivity index (χ1n) is 44.1. The maximum atomic E-state index is 13.0. The molecule has 0 spiro atoms. The number of allylic oxidation sites excluding steroid dienone is 8. The summed E-state index contributed by atoms with van der Waals surface area (Å²) in [5, 5.41) is 0. The third kappa shape index (κ3) is 62.4. The predicted octanol–water partition coefficient (Wildman–Crippen LogP) is 27.1. The quantitative estimate of drug-likeness (QED) is 0.0150. The van der Waals surface area contributed by atoms with Gasteiger partial charge in [-0.25, -0.2) is 36.0 Å². The number of benzene rings is 2. The van der Waals surface area contributed by atoms with Gasteiger partial charge < -0.3 is 28.1 Å². The Kier molecular flexibility index (Phi) is 74.4. The topological polar surface area (TPSA) is 220 Å². The molecule has 2 rings (SSSR count). The van der Waals surface area contributed by atoms with Gasteiger partial charge in [-0.05, 0) is 127 Å². The molecule has 0 unspecified atom stereocenters. The van der Waals surface area contributed by atoms with Crippen molar-refractivity contribution >= 4 is 81.9 Å². The summed E-state index contributed by atoms with van der Waals surface area (Å²) in [6.07, 6.45) is 89.2. The molecule has 0 bridgehead atoms. The number of rotatable bonds is 74. The van der Waals surface area contributed by atoms with Crippen molar-refractivity contribution in [1.82, 2.24) is 0 Å². The molecule has 0 aromatic heterocycles. The molecular weight excluding hydrogens is 1430 g/mol. The van der Waals surface area contributed by atoms with Crippen LogP contribution in [0.3, 0.4) is 0 Å². The second-order valence-electron chi connectivity index (χ2n) is 30.0. The number of carbonyl (C=O) groups excluding carboxylic acids is 4. The van der Waals surface area contributed by atoms with Crippen molar-refractivity contribution in [2.75, 3.05) is 26.4 Å². The van der Waals surface area contributed by atoms with E-state index in [0.717, 1.165) is 89.2 Å². The van der Waals surface area contributed by atoms with Crippen LogP contribution in [0.2, 0.25) is 0 Å². The second-order valence-corrected chi connectivity index (χ2v) is 32.7. The van der Waals surface area contributed by atoms with Crippen LogP contribution < -0.4 is 0 Å². The summed E-state index contributed by atoms with van der Waals surface area (Å²) in [6.45, 7) is 9.41. The van der Waals surface area contributed by atoms with Crippen molar-refractivity contribution in [3.05, 3.63) is 107 Å². The van der Waals surface area contributed by atoms with E-state index in [9.17, 15) is 45.1 Å². The van der Waals surface area contributed by atoms with E-state index in [2.05, 4.69) is 76.3 Å². The number of hydrogen-bond donors (Lipinski definition) is 0. The van der Waals surface area contributed by atoms with E-state index in [4.69, 9.17) is 18.9 Å². The molecule has 14 nitrogen and oxygen atoms in total. The Balaban J connectivity index is 0.00000212. The van der Waals surface area contributed by atoms with E-state index in [1.165, 1.54) is 307 Å². The Morgan fingerprint density at radius 1 is 0.257 bits per heavy atom. The van der Waals surface area contributed by atoms with Crippen molar-refractivity contribution in [1.29, 1.82) is 0 Å². The van der Waals surface area contributed by atoms with Crippen molar-refractivity contribution < 1.29 is 64.1 Å². The van der Waals surface area contributed by atoms with E-state index >= 15 is 0 Å². The van der Waals surface area contributed by atoms with Crippen LogP contribution in [0.25, 0.3) is 0 Å². The molecule has 0 saturated carbocycles. The first-order valence-corrected chi connectivity index (χ1v) is 46.9. The summed E-state index contributed by atoms with van der Waals surface area (Å²) in [5.74, 6) is -3.62. The van der Waals surface area contributed by atoms with Crippen LogP contribution in [0.1, 0.15) is 454 Å². The van der Waals surface area contributed by atoms with Gasteiger partial charge in [0.25, 0.3) is 0 Å². The van der Waals surface area contributed by atoms with Crippen LogP contribution in [-0.4, -0.2) is 114 Å². The van der Waals surface area contributed by atoms with Crippen LogP contribution in [0, 0.1) is 0 Å². The molecule has 2 aromatic rings. The SMILES string of the molecule is CCCC/C=C/CCCCCCCCCCCCCOC(=O)c1cccc(S(=O)(=O)[O-])c1C(=O)OCCCCCCCCCCCCC/C=C/CCCC.CCCC/C=C/CCCCCCCCCCCCCOC(=O)c1cccc(S(=O)(=O)[O-])c1C(=O)OCCCCCCCCCCCCC/C=C/CCCC.[Ca+2]. The van der Waals surface area contributed by atoms with Gasteiger partial charge in [-0.2, -0.15) is 0 Å². The van der Waals surface area contributed by atoms with Crippen LogP contribution in [-0.2, 0) is 39.2 Å². The maximum absolute atomic E-state index is 13.0. The summed E-state index contributed by atoms with van der Waals surface area (Å²) >= 11 is 0. The smallest absolute Gasteiger partial charge is 0.744 e.